The van der Waals surface area contributed by atoms with E-state index in [0.29, 0.717) is 16.6 Å². The number of hydrazone groups is 1. The van der Waals surface area contributed by atoms with Gasteiger partial charge >= 0.3 is 0 Å². The van der Waals surface area contributed by atoms with Gasteiger partial charge in [-0.1, -0.05) is 52.8 Å². The van der Waals surface area contributed by atoms with Crippen molar-refractivity contribution in [1.82, 2.24) is 10.3 Å². The van der Waals surface area contributed by atoms with E-state index in [1.165, 1.54) is 11.8 Å². The zero-order valence-electron chi connectivity index (χ0n) is 15.8. The summed E-state index contributed by atoms with van der Waals surface area (Å²) in [6.07, 6.45) is 0.450. The van der Waals surface area contributed by atoms with Gasteiger partial charge in [-0.2, -0.15) is 0 Å². The van der Waals surface area contributed by atoms with Gasteiger partial charge in [0, 0.05) is 21.0 Å². The SMILES string of the molecule is CCCSC1=NN2C(=c3ccccc3=N[C@H]2c2cc(Br)cc(Br)c2OC)C(=O)N1. The molecule has 0 radical (unpaired) electrons. The van der Waals surface area contributed by atoms with Crippen molar-refractivity contribution in [1.29, 1.82) is 0 Å². The minimum absolute atomic E-state index is 0.181. The van der Waals surface area contributed by atoms with E-state index in [0.717, 1.165) is 37.3 Å². The first-order valence-electron chi connectivity index (χ1n) is 9.05. The summed E-state index contributed by atoms with van der Waals surface area (Å²) in [4.78, 5) is 18.0. The Kier molecular flexibility index (Phi) is 5.98. The maximum Gasteiger partial charge on any atom is 0.276 e. The number of methoxy groups -OCH3 is 1. The molecule has 2 heterocycles. The molecule has 2 aliphatic rings. The van der Waals surface area contributed by atoms with E-state index in [9.17, 15) is 4.79 Å². The number of amides is 1. The lowest BCUT2D eigenvalue weighted by Crippen LogP contribution is -2.50. The Labute approximate surface area is 189 Å². The summed E-state index contributed by atoms with van der Waals surface area (Å²) in [6.45, 7) is 2.09. The zero-order valence-corrected chi connectivity index (χ0v) is 19.8. The van der Waals surface area contributed by atoms with Gasteiger partial charge in [-0.3, -0.25) is 15.1 Å². The largest absolute Gasteiger partial charge is 0.495 e. The number of amidine groups is 1. The van der Waals surface area contributed by atoms with E-state index in [-0.39, 0.29) is 5.91 Å². The number of hydrogen-bond donors (Lipinski definition) is 1. The minimum Gasteiger partial charge on any atom is -0.495 e. The second-order valence-electron chi connectivity index (χ2n) is 6.43. The molecule has 2 aromatic carbocycles. The normalized spacial score (nSPS) is 17.7. The second kappa shape index (κ2) is 8.49. The third kappa shape index (κ3) is 3.83. The Morgan fingerprint density at radius 1 is 1.28 bits per heavy atom. The van der Waals surface area contributed by atoms with Crippen LogP contribution in [-0.4, -0.2) is 28.9 Å². The fourth-order valence-corrected chi connectivity index (χ4v) is 5.41. The van der Waals surface area contributed by atoms with Crippen molar-refractivity contribution in [3.8, 4) is 5.75 Å². The van der Waals surface area contributed by atoms with E-state index in [1.807, 2.05) is 36.4 Å². The van der Waals surface area contributed by atoms with Crippen molar-refractivity contribution in [2.24, 2.45) is 10.1 Å². The average Bonchev–Trinajstić information content (AvgIpc) is 2.70. The molecule has 1 atom stereocenters. The molecule has 0 saturated carbocycles. The van der Waals surface area contributed by atoms with Crippen LogP contribution in [0.2, 0.25) is 0 Å². The number of hydrogen-bond acceptors (Lipinski definition) is 6. The molecule has 2 aromatic rings. The number of fused-ring (bicyclic) bond motifs is 2. The molecule has 150 valence electrons. The van der Waals surface area contributed by atoms with Gasteiger partial charge in [0.1, 0.15) is 11.4 Å². The summed E-state index contributed by atoms with van der Waals surface area (Å²) in [5.74, 6) is 1.34. The number of carbonyl (C=O) groups is 1. The first-order valence-corrected chi connectivity index (χ1v) is 11.6. The maximum absolute atomic E-state index is 13.1. The van der Waals surface area contributed by atoms with Gasteiger partial charge in [0.25, 0.3) is 5.91 Å². The molecular weight excluding hydrogens is 520 g/mol. The van der Waals surface area contributed by atoms with Crippen molar-refractivity contribution in [2.75, 3.05) is 12.9 Å². The molecule has 29 heavy (non-hydrogen) atoms. The average molecular weight is 538 g/mol. The van der Waals surface area contributed by atoms with Crippen LogP contribution < -0.4 is 20.6 Å². The van der Waals surface area contributed by atoms with E-state index in [2.05, 4.69) is 44.1 Å². The van der Waals surface area contributed by atoms with Crippen LogP contribution in [0.4, 0.5) is 0 Å². The topological polar surface area (TPSA) is 66.3 Å². The van der Waals surface area contributed by atoms with Gasteiger partial charge in [0.05, 0.1) is 16.9 Å². The lowest BCUT2D eigenvalue weighted by Gasteiger charge is -2.34. The van der Waals surface area contributed by atoms with Gasteiger partial charge in [-0.15, -0.1) is 5.10 Å². The first-order chi connectivity index (χ1) is 14.0. The number of ether oxygens (including phenoxy) is 1. The number of thioether (sulfide) groups is 1. The third-order valence-corrected chi connectivity index (χ3v) is 6.59. The van der Waals surface area contributed by atoms with Crippen LogP contribution in [-0.2, 0) is 4.79 Å². The highest BCUT2D eigenvalue weighted by Crippen LogP contribution is 2.41. The highest BCUT2D eigenvalue weighted by atomic mass is 79.9. The molecular formula is C20H18Br2N4O2S. The number of nitrogens with one attached hydrogen (secondary N) is 1. The highest BCUT2D eigenvalue weighted by molar-refractivity contribution is 9.11. The molecule has 9 heteroatoms. The number of rotatable bonds is 4. The zero-order chi connectivity index (χ0) is 20.5. The Morgan fingerprint density at radius 3 is 2.83 bits per heavy atom. The van der Waals surface area contributed by atoms with Crippen LogP contribution >= 0.6 is 43.6 Å². The third-order valence-electron chi connectivity index (χ3n) is 4.48. The first kappa shape index (κ1) is 20.4. The van der Waals surface area contributed by atoms with Crippen LogP contribution in [0.3, 0.4) is 0 Å². The quantitative estimate of drug-likeness (QED) is 0.648. The van der Waals surface area contributed by atoms with E-state index in [1.54, 1.807) is 12.1 Å². The van der Waals surface area contributed by atoms with Crippen molar-refractivity contribution in [3.63, 3.8) is 0 Å². The van der Waals surface area contributed by atoms with Gasteiger partial charge in [0.15, 0.2) is 11.3 Å². The summed E-state index contributed by atoms with van der Waals surface area (Å²) >= 11 is 8.63. The predicted molar refractivity (Wildman–Crippen MR) is 122 cm³/mol. The van der Waals surface area contributed by atoms with Gasteiger partial charge in [-0.05, 0) is 40.5 Å². The Balaban J connectivity index is 1.96. The predicted octanol–water partition coefficient (Wildman–Crippen LogP) is 3.51. The van der Waals surface area contributed by atoms with E-state index >= 15 is 0 Å². The van der Waals surface area contributed by atoms with Gasteiger partial charge in [-0.25, -0.2) is 5.01 Å². The molecule has 1 N–H and O–H groups in total. The lowest BCUT2D eigenvalue weighted by molar-refractivity contribution is -0.116. The summed E-state index contributed by atoms with van der Waals surface area (Å²) in [5, 5.41) is 11.5. The summed E-state index contributed by atoms with van der Waals surface area (Å²) in [5.41, 5.74) is 1.29. The van der Waals surface area contributed by atoms with Crippen molar-refractivity contribution in [3.05, 3.63) is 61.5 Å². The number of halogens is 2. The fraction of sp³-hybridized carbons (Fsp3) is 0.250. The maximum atomic E-state index is 13.1. The highest BCUT2D eigenvalue weighted by Gasteiger charge is 2.36. The number of para-hydroxylation sites is 1. The smallest absolute Gasteiger partial charge is 0.276 e. The van der Waals surface area contributed by atoms with Gasteiger partial charge in [0.2, 0.25) is 0 Å². The molecule has 6 nitrogen and oxygen atoms in total. The molecule has 0 aromatic heterocycles. The monoisotopic (exact) mass is 536 g/mol. The molecule has 0 spiro atoms. The summed E-state index contributed by atoms with van der Waals surface area (Å²) < 4.78 is 7.33. The summed E-state index contributed by atoms with van der Waals surface area (Å²) in [7, 11) is 1.62. The van der Waals surface area contributed by atoms with Crippen LogP contribution in [0, 0.1) is 0 Å². The molecule has 1 amide bonds. The molecule has 0 unspecified atom stereocenters. The van der Waals surface area contributed by atoms with Crippen LogP contribution in [0.5, 0.6) is 5.75 Å². The Morgan fingerprint density at radius 2 is 2.07 bits per heavy atom. The standard InChI is InChI=1S/C20H18Br2N4O2S/c1-3-8-29-20-24-19(27)16-12-6-4-5-7-15(12)23-18(26(16)25-20)13-9-11(21)10-14(22)17(13)28-2/h4-7,9-10,18H,3,8H2,1-2H3,(H,24,25,27)/t18-/m1/s1. The van der Waals surface area contributed by atoms with Crippen LogP contribution in [0.1, 0.15) is 25.1 Å². The van der Waals surface area contributed by atoms with E-state index in [4.69, 9.17) is 14.8 Å². The molecule has 0 aliphatic carbocycles. The molecule has 2 aliphatic heterocycles. The van der Waals surface area contributed by atoms with E-state index < -0.39 is 6.17 Å². The Bertz CT molecular complexity index is 1140. The number of nitrogens with zero attached hydrogens (tertiary/aromatic N) is 3. The molecule has 4 rings (SSSR count). The molecule has 0 fully saturated rings. The number of carbonyl (C=O) groups excluding carboxylic acids is 1. The second-order valence-corrected chi connectivity index (χ2v) is 9.28. The Hall–Kier alpha value is -1.84. The van der Waals surface area contributed by atoms with Crippen LogP contribution in [0.25, 0.3) is 5.70 Å². The van der Waals surface area contributed by atoms with Gasteiger partial charge < -0.3 is 4.74 Å². The fourth-order valence-electron chi connectivity index (χ4n) is 3.28. The lowest BCUT2D eigenvalue weighted by atomic mass is 10.1. The van der Waals surface area contributed by atoms with Crippen LogP contribution in [0.15, 0.2) is 55.4 Å². The molecule has 0 saturated heterocycles. The number of benzene rings is 2. The molecule has 0 bridgehead atoms. The van der Waals surface area contributed by atoms with Crippen molar-refractivity contribution in [2.45, 2.75) is 19.5 Å². The minimum atomic E-state index is -0.535. The van der Waals surface area contributed by atoms with Crippen molar-refractivity contribution >= 4 is 60.4 Å². The van der Waals surface area contributed by atoms with Crippen molar-refractivity contribution < 1.29 is 9.53 Å². The summed E-state index contributed by atoms with van der Waals surface area (Å²) in [6, 6.07) is 11.5.